The average molecular weight is 450 g/mol. The van der Waals surface area contributed by atoms with Gasteiger partial charge in [-0.15, -0.1) is 24.8 Å². The van der Waals surface area contributed by atoms with E-state index in [1.807, 2.05) is 43.3 Å². The monoisotopic (exact) mass is 448 g/mol. The van der Waals surface area contributed by atoms with Crippen LogP contribution in [0.4, 0.5) is 11.5 Å². The van der Waals surface area contributed by atoms with E-state index in [1.165, 1.54) is 0 Å². The maximum atomic E-state index is 12.6. The normalized spacial score (nSPS) is 9.60. The van der Waals surface area contributed by atoms with Crippen LogP contribution in [0.2, 0.25) is 0 Å². The van der Waals surface area contributed by atoms with Crippen LogP contribution in [0.1, 0.15) is 22.8 Å². The summed E-state index contributed by atoms with van der Waals surface area (Å²) < 4.78 is 0.772. The van der Waals surface area contributed by atoms with Gasteiger partial charge in [0.05, 0.1) is 5.56 Å². The Morgan fingerprint density at radius 1 is 1.24 bits per heavy atom. The minimum Gasteiger partial charge on any atom is -0.362 e. The molecule has 0 aliphatic heterocycles. The Labute approximate surface area is 169 Å². The lowest BCUT2D eigenvalue weighted by Crippen LogP contribution is -2.20. The molecule has 138 valence electrons. The van der Waals surface area contributed by atoms with Crippen molar-refractivity contribution >= 4 is 58.2 Å². The van der Waals surface area contributed by atoms with E-state index in [0.29, 0.717) is 11.4 Å². The van der Waals surface area contributed by atoms with Crippen LogP contribution >= 0.6 is 40.7 Å². The van der Waals surface area contributed by atoms with Crippen molar-refractivity contribution < 1.29 is 4.79 Å². The molecule has 1 aromatic heterocycles. The summed E-state index contributed by atoms with van der Waals surface area (Å²) in [5, 5.41) is 6.22. The van der Waals surface area contributed by atoms with Crippen LogP contribution in [0.15, 0.2) is 41.0 Å². The fourth-order valence-corrected chi connectivity index (χ4v) is 2.51. The molecule has 1 amide bonds. The molecule has 2 rings (SSSR count). The highest BCUT2D eigenvalue weighted by Crippen LogP contribution is 2.21. The van der Waals surface area contributed by atoms with Crippen molar-refractivity contribution in [3.8, 4) is 0 Å². The molecule has 0 aliphatic carbocycles. The predicted molar refractivity (Wildman–Crippen MR) is 113 cm³/mol. The Hall–Kier alpha value is -1.34. The van der Waals surface area contributed by atoms with Crippen LogP contribution in [0.25, 0.3) is 0 Å². The first-order valence-electron chi connectivity index (χ1n) is 7.45. The highest BCUT2D eigenvalue weighted by Gasteiger charge is 2.15. The average Bonchev–Trinajstić information content (AvgIpc) is 2.52. The van der Waals surface area contributed by atoms with E-state index in [-0.39, 0.29) is 30.7 Å². The topological polar surface area (TPSA) is 57.3 Å². The molecule has 2 aromatic rings. The molecule has 25 heavy (non-hydrogen) atoms. The number of carbonyl (C=O) groups excluding carboxylic acids is 1. The van der Waals surface area contributed by atoms with Gasteiger partial charge < -0.3 is 15.5 Å². The Balaban J connectivity index is 0.00000288. The lowest BCUT2D eigenvalue weighted by molar-refractivity contribution is 0.102. The van der Waals surface area contributed by atoms with Crippen LogP contribution in [0, 0.1) is 0 Å². The first-order valence-corrected chi connectivity index (χ1v) is 8.24. The molecule has 1 aromatic carbocycles. The van der Waals surface area contributed by atoms with Gasteiger partial charge in [-0.1, -0.05) is 19.1 Å². The maximum Gasteiger partial charge on any atom is 0.259 e. The minimum atomic E-state index is -0.178. The molecule has 0 spiro atoms. The quantitative estimate of drug-likeness (QED) is 0.696. The highest BCUT2D eigenvalue weighted by molar-refractivity contribution is 9.10. The Morgan fingerprint density at radius 2 is 1.96 bits per heavy atom. The van der Waals surface area contributed by atoms with Gasteiger partial charge in [-0.05, 0) is 46.2 Å². The molecule has 0 fully saturated rings. The molecule has 5 nitrogen and oxygen atoms in total. The van der Waals surface area contributed by atoms with E-state index in [1.54, 1.807) is 12.3 Å². The van der Waals surface area contributed by atoms with E-state index in [9.17, 15) is 4.79 Å². The van der Waals surface area contributed by atoms with Crippen molar-refractivity contribution in [1.29, 1.82) is 0 Å². The lowest BCUT2D eigenvalue weighted by Gasteiger charge is -2.16. The Kier molecular flexibility index (Phi) is 10.7. The largest absolute Gasteiger partial charge is 0.362 e. The van der Waals surface area contributed by atoms with Gasteiger partial charge in [-0.2, -0.15) is 0 Å². The fraction of sp³-hybridized carbons (Fsp3) is 0.294. The number of benzene rings is 1. The molecule has 0 bridgehead atoms. The number of amides is 1. The van der Waals surface area contributed by atoms with Crippen LogP contribution in [0.5, 0.6) is 0 Å². The third-order valence-corrected chi connectivity index (χ3v) is 3.70. The molecule has 1 heterocycles. The third-order valence-electron chi connectivity index (χ3n) is 3.27. The van der Waals surface area contributed by atoms with Gasteiger partial charge in [0.2, 0.25) is 0 Å². The number of hydrogen-bond donors (Lipinski definition) is 2. The number of halogens is 3. The molecule has 0 aliphatic rings. The van der Waals surface area contributed by atoms with Crippen molar-refractivity contribution in [2.45, 2.75) is 13.5 Å². The van der Waals surface area contributed by atoms with Crippen LogP contribution < -0.4 is 15.5 Å². The van der Waals surface area contributed by atoms with Crippen LogP contribution in [-0.4, -0.2) is 31.5 Å². The molecular formula is C17H23BrCl2N4O. The van der Waals surface area contributed by atoms with Crippen LogP contribution in [-0.2, 0) is 6.54 Å². The first kappa shape index (κ1) is 23.7. The van der Waals surface area contributed by atoms with E-state index >= 15 is 0 Å². The van der Waals surface area contributed by atoms with Crippen molar-refractivity contribution in [3.05, 3.63) is 52.1 Å². The number of nitrogens with one attached hydrogen (secondary N) is 2. The number of hydrogen-bond acceptors (Lipinski definition) is 4. The predicted octanol–water partition coefficient (Wildman–Crippen LogP) is 4.12. The molecule has 0 saturated heterocycles. The molecule has 0 unspecified atom stereocenters. The number of pyridine rings is 1. The zero-order valence-corrected chi connectivity index (χ0v) is 17.6. The first-order chi connectivity index (χ1) is 11.0. The number of anilines is 2. The minimum absolute atomic E-state index is 0. The molecule has 0 radical (unpaired) electrons. The third kappa shape index (κ3) is 6.82. The summed E-state index contributed by atoms with van der Waals surface area (Å²) in [5.41, 5.74) is 2.43. The van der Waals surface area contributed by atoms with Gasteiger partial charge in [-0.3, -0.25) is 4.79 Å². The number of aromatic nitrogens is 1. The highest BCUT2D eigenvalue weighted by atomic mass is 79.9. The number of carbonyl (C=O) groups is 1. The standard InChI is InChI=1S/C17H21BrN4O.2ClH/c1-4-19-10-12-6-5-7-14(8-12)21-17(23)15-9-13(18)11-20-16(15)22(2)3;;/h5-9,11,19H,4,10H2,1-3H3,(H,21,23);2*1H. The summed E-state index contributed by atoms with van der Waals surface area (Å²) >= 11 is 3.37. The van der Waals surface area contributed by atoms with Gasteiger partial charge in [0.1, 0.15) is 5.82 Å². The van der Waals surface area contributed by atoms with Crippen molar-refractivity contribution in [1.82, 2.24) is 10.3 Å². The van der Waals surface area contributed by atoms with Crippen LogP contribution in [0.3, 0.4) is 0 Å². The summed E-state index contributed by atoms with van der Waals surface area (Å²) in [5.74, 6) is 0.456. The zero-order chi connectivity index (χ0) is 16.8. The van der Waals surface area contributed by atoms with Gasteiger partial charge in [0.15, 0.2) is 0 Å². The Bertz CT molecular complexity index is 698. The van der Waals surface area contributed by atoms with E-state index < -0.39 is 0 Å². The summed E-state index contributed by atoms with van der Waals surface area (Å²) in [6.45, 7) is 3.75. The molecular weight excluding hydrogens is 427 g/mol. The summed E-state index contributed by atoms with van der Waals surface area (Å²) in [6.07, 6.45) is 1.68. The van der Waals surface area contributed by atoms with Gasteiger partial charge in [0, 0.05) is 37.0 Å². The summed E-state index contributed by atoms with van der Waals surface area (Å²) in [4.78, 5) is 18.7. The van der Waals surface area contributed by atoms with E-state index in [0.717, 1.165) is 28.8 Å². The number of rotatable bonds is 6. The SMILES string of the molecule is CCNCc1cccc(NC(=O)c2cc(Br)cnc2N(C)C)c1.Cl.Cl. The van der Waals surface area contributed by atoms with Gasteiger partial charge in [-0.25, -0.2) is 4.98 Å². The van der Waals surface area contributed by atoms with Crippen molar-refractivity contribution in [2.24, 2.45) is 0 Å². The zero-order valence-electron chi connectivity index (χ0n) is 14.4. The maximum absolute atomic E-state index is 12.6. The molecule has 0 atom stereocenters. The molecule has 2 N–H and O–H groups in total. The smallest absolute Gasteiger partial charge is 0.259 e. The second-order valence-corrected chi connectivity index (χ2v) is 6.27. The van der Waals surface area contributed by atoms with Crippen molar-refractivity contribution in [3.63, 3.8) is 0 Å². The lowest BCUT2D eigenvalue weighted by atomic mass is 10.1. The molecule has 0 saturated carbocycles. The van der Waals surface area contributed by atoms with E-state index in [4.69, 9.17) is 0 Å². The van der Waals surface area contributed by atoms with Gasteiger partial charge in [0.25, 0.3) is 5.91 Å². The summed E-state index contributed by atoms with van der Waals surface area (Å²) in [6, 6.07) is 9.61. The summed E-state index contributed by atoms with van der Waals surface area (Å²) in [7, 11) is 3.73. The van der Waals surface area contributed by atoms with Crippen molar-refractivity contribution in [2.75, 3.05) is 30.9 Å². The fourth-order valence-electron chi connectivity index (χ4n) is 2.18. The molecule has 8 heteroatoms. The Morgan fingerprint density at radius 3 is 2.60 bits per heavy atom. The second-order valence-electron chi connectivity index (χ2n) is 5.35. The number of nitrogens with zero attached hydrogens (tertiary/aromatic N) is 2. The second kappa shape index (κ2) is 11.3. The van der Waals surface area contributed by atoms with E-state index in [2.05, 4.69) is 38.5 Å². The van der Waals surface area contributed by atoms with Gasteiger partial charge >= 0.3 is 0 Å².